The zero-order valence-electron chi connectivity index (χ0n) is 10.3. The van der Waals surface area contributed by atoms with Crippen LogP contribution < -0.4 is 0 Å². The van der Waals surface area contributed by atoms with Gasteiger partial charge in [0.15, 0.2) is 0 Å². The van der Waals surface area contributed by atoms with Crippen molar-refractivity contribution in [1.29, 1.82) is 0 Å². The molecule has 0 aliphatic carbocycles. The van der Waals surface area contributed by atoms with Gasteiger partial charge >= 0.3 is 0 Å². The molecule has 84 valence electrons. The third-order valence-electron chi connectivity index (χ3n) is 2.54. The van der Waals surface area contributed by atoms with E-state index in [9.17, 15) is 0 Å². The molecule has 0 aliphatic heterocycles. The lowest BCUT2D eigenvalue weighted by Gasteiger charge is -2.00. The van der Waals surface area contributed by atoms with Crippen molar-refractivity contribution in [3.05, 3.63) is 0 Å². The highest BCUT2D eigenvalue weighted by molar-refractivity contribution is 5.81. The minimum Gasteiger partial charge on any atom is -0.294 e. The number of hydrogen-bond acceptors (Lipinski definition) is 1. The summed E-state index contributed by atoms with van der Waals surface area (Å²) < 4.78 is 0. The van der Waals surface area contributed by atoms with Crippen LogP contribution in [-0.2, 0) is 0 Å². The third kappa shape index (κ3) is 9.76. The highest BCUT2D eigenvalue weighted by Gasteiger charge is 1.91. The van der Waals surface area contributed by atoms with E-state index in [1.807, 2.05) is 0 Å². The maximum Gasteiger partial charge on any atom is 0.0388 e. The lowest BCUT2D eigenvalue weighted by molar-refractivity contribution is 0.673. The maximum absolute atomic E-state index is 4.58. The van der Waals surface area contributed by atoms with E-state index in [1.54, 1.807) is 0 Å². The van der Waals surface area contributed by atoms with Crippen molar-refractivity contribution >= 4 is 5.71 Å². The molecule has 0 aromatic carbocycles. The van der Waals surface area contributed by atoms with Crippen LogP contribution in [0.3, 0.4) is 0 Å². The van der Waals surface area contributed by atoms with Gasteiger partial charge in [-0.15, -0.1) is 0 Å². The van der Waals surface area contributed by atoms with Crippen LogP contribution in [0.1, 0.15) is 72.1 Å². The summed E-state index contributed by atoms with van der Waals surface area (Å²) in [6, 6.07) is 0. The third-order valence-corrected chi connectivity index (χ3v) is 2.54. The molecule has 1 nitrogen and oxygen atoms in total. The minimum absolute atomic E-state index is 1.05. The monoisotopic (exact) mass is 197 g/mol. The van der Waals surface area contributed by atoms with Gasteiger partial charge in [-0.2, -0.15) is 0 Å². The summed E-state index contributed by atoms with van der Waals surface area (Å²) in [5, 5.41) is 0. The first-order valence-corrected chi connectivity index (χ1v) is 6.31. The molecule has 0 bridgehead atoms. The van der Waals surface area contributed by atoms with Crippen molar-refractivity contribution in [2.24, 2.45) is 4.99 Å². The van der Waals surface area contributed by atoms with Crippen molar-refractivity contribution in [2.75, 3.05) is 6.54 Å². The van der Waals surface area contributed by atoms with Crippen LogP contribution in [0.5, 0.6) is 0 Å². The molecule has 0 fully saturated rings. The average Bonchev–Trinajstić information content (AvgIpc) is 2.18. The Morgan fingerprint density at radius 1 is 0.857 bits per heavy atom. The largest absolute Gasteiger partial charge is 0.294 e. The smallest absolute Gasteiger partial charge is 0.0388 e. The first-order chi connectivity index (χ1) is 6.81. The van der Waals surface area contributed by atoms with Crippen LogP contribution in [0.2, 0.25) is 0 Å². The summed E-state index contributed by atoms with van der Waals surface area (Å²) in [6.07, 6.45) is 10.5. The highest BCUT2D eigenvalue weighted by atomic mass is 14.7. The fourth-order valence-corrected chi connectivity index (χ4v) is 1.52. The van der Waals surface area contributed by atoms with Crippen molar-refractivity contribution in [2.45, 2.75) is 72.1 Å². The standard InChI is InChI=1S/C13H27N/c1-4-6-8-10-12-14-13(3)11-9-7-5-2/h4-12H2,1-3H3. The number of nitrogens with zero attached hydrogens (tertiary/aromatic N) is 1. The summed E-state index contributed by atoms with van der Waals surface area (Å²) in [7, 11) is 0. The SMILES string of the molecule is CCCCCCN=C(C)CCCCC. The molecule has 0 unspecified atom stereocenters. The van der Waals surface area contributed by atoms with E-state index >= 15 is 0 Å². The van der Waals surface area contributed by atoms with Gasteiger partial charge in [0.25, 0.3) is 0 Å². The molecule has 0 amide bonds. The van der Waals surface area contributed by atoms with E-state index in [4.69, 9.17) is 0 Å². The number of aliphatic imine (C=N–C) groups is 1. The molecule has 0 aromatic heterocycles. The van der Waals surface area contributed by atoms with Crippen LogP contribution in [0.4, 0.5) is 0 Å². The molecular weight excluding hydrogens is 170 g/mol. The van der Waals surface area contributed by atoms with Crippen LogP contribution in [0.15, 0.2) is 4.99 Å². The van der Waals surface area contributed by atoms with Gasteiger partial charge < -0.3 is 0 Å². The molecular formula is C13H27N. The second kappa shape index (κ2) is 10.7. The van der Waals surface area contributed by atoms with Gasteiger partial charge in [0, 0.05) is 12.3 Å². The number of rotatable bonds is 9. The molecule has 14 heavy (non-hydrogen) atoms. The van der Waals surface area contributed by atoms with Crippen molar-refractivity contribution in [1.82, 2.24) is 0 Å². The van der Waals surface area contributed by atoms with Gasteiger partial charge in [0.05, 0.1) is 0 Å². The second-order valence-corrected chi connectivity index (χ2v) is 4.13. The van der Waals surface area contributed by atoms with Crippen LogP contribution in [0, 0.1) is 0 Å². The summed E-state index contributed by atoms with van der Waals surface area (Å²) in [4.78, 5) is 4.58. The van der Waals surface area contributed by atoms with Gasteiger partial charge in [-0.25, -0.2) is 0 Å². The molecule has 0 heterocycles. The summed E-state index contributed by atoms with van der Waals surface area (Å²) in [6.45, 7) is 7.73. The van der Waals surface area contributed by atoms with Gasteiger partial charge in [0.1, 0.15) is 0 Å². The molecule has 0 radical (unpaired) electrons. The predicted octanol–water partition coefficient (Wildman–Crippen LogP) is 4.61. The molecule has 0 rings (SSSR count). The van der Waals surface area contributed by atoms with Crippen molar-refractivity contribution < 1.29 is 0 Å². The molecule has 0 aromatic rings. The van der Waals surface area contributed by atoms with Gasteiger partial charge in [-0.1, -0.05) is 46.0 Å². The van der Waals surface area contributed by atoms with E-state index in [0.29, 0.717) is 0 Å². The first-order valence-electron chi connectivity index (χ1n) is 6.31. The summed E-state index contributed by atoms with van der Waals surface area (Å²) in [5.41, 5.74) is 1.36. The Bertz CT molecular complexity index is 138. The molecule has 0 spiro atoms. The van der Waals surface area contributed by atoms with Crippen molar-refractivity contribution in [3.63, 3.8) is 0 Å². The Balaban J connectivity index is 3.27. The van der Waals surface area contributed by atoms with Crippen molar-refractivity contribution in [3.8, 4) is 0 Å². The lowest BCUT2D eigenvalue weighted by atomic mass is 10.1. The number of hydrogen-bond donors (Lipinski definition) is 0. The summed E-state index contributed by atoms with van der Waals surface area (Å²) >= 11 is 0. The van der Waals surface area contributed by atoms with Crippen LogP contribution in [-0.4, -0.2) is 12.3 Å². The van der Waals surface area contributed by atoms with E-state index in [0.717, 1.165) is 6.54 Å². The van der Waals surface area contributed by atoms with Crippen LogP contribution >= 0.6 is 0 Å². The normalized spacial score (nSPS) is 12.1. The highest BCUT2D eigenvalue weighted by Crippen LogP contribution is 2.02. The Morgan fingerprint density at radius 2 is 1.50 bits per heavy atom. The van der Waals surface area contributed by atoms with Gasteiger partial charge in [0.2, 0.25) is 0 Å². The Labute approximate surface area is 90.0 Å². The minimum atomic E-state index is 1.05. The zero-order valence-corrected chi connectivity index (χ0v) is 10.3. The van der Waals surface area contributed by atoms with E-state index in [-0.39, 0.29) is 0 Å². The van der Waals surface area contributed by atoms with E-state index < -0.39 is 0 Å². The number of unbranched alkanes of at least 4 members (excludes halogenated alkanes) is 5. The first kappa shape index (κ1) is 13.7. The van der Waals surface area contributed by atoms with E-state index in [1.165, 1.54) is 57.1 Å². The maximum atomic E-state index is 4.58. The zero-order chi connectivity index (χ0) is 10.6. The lowest BCUT2D eigenvalue weighted by Crippen LogP contribution is -1.94. The molecule has 0 N–H and O–H groups in total. The van der Waals surface area contributed by atoms with E-state index in [2.05, 4.69) is 25.8 Å². The Hall–Kier alpha value is -0.330. The summed E-state index contributed by atoms with van der Waals surface area (Å²) in [5.74, 6) is 0. The van der Waals surface area contributed by atoms with Gasteiger partial charge in [-0.05, 0) is 26.2 Å². The molecule has 0 atom stereocenters. The second-order valence-electron chi connectivity index (χ2n) is 4.13. The molecule has 0 aliphatic rings. The predicted molar refractivity (Wildman–Crippen MR) is 66.3 cm³/mol. The average molecular weight is 197 g/mol. The van der Waals surface area contributed by atoms with Gasteiger partial charge in [-0.3, -0.25) is 4.99 Å². The fraction of sp³-hybridized carbons (Fsp3) is 0.923. The quantitative estimate of drug-likeness (QED) is 0.378. The van der Waals surface area contributed by atoms with Crippen LogP contribution in [0.25, 0.3) is 0 Å². The Kier molecular flexibility index (Phi) is 10.5. The topological polar surface area (TPSA) is 12.4 Å². The molecule has 0 saturated heterocycles. The fourth-order valence-electron chi connectivity index (χ4n) is 1.52. The Morgan fingerprint density at radius 3 is 2.14 bits per heavy atom. The molecule has 1 heteroatoms. The molecule has 0 saturated carbocycles.